The second kappa shape index (κ2) is 7.59. The van der Waals surface area contributed by atoms with E-state index in [4.69, 9.17) is 9.88 Å². The van der Waals surface area contributed by atoms with Crippen LogP contribution in [-0.2, 0) is 14.8 Å². The van der Waals surface area contributed by atoms with Crippen LogP contribution < -0.4 is 5.14 Å². The summed E-state index contributed by atoms with van der Waals surface area (Å²) in [6.07, 6.45) is 0. The van der Waals surface area contributed by atoms with Crippen LogP contribution in [0.1, 0.15) is 17.4 Å². The lowest BCUT2D eigenvalue weighted by atomic mass is 10.1. The third-order valence-electron chi connectivity index (χ3n) is 3.67. The number of halogens is 1. The third kappa shape index (κ3) is 4.07. The lowest BCUT2D eigenvalue weighted by molar-refractivity contribution is 0.0520. The Kier molecular flexibility index (Phi) is 5.40. The van der Waals surface area contributed by atoms with E-state index in [2.05, 4.69) is 26.2 Å². The Morgan fingerprint density at radius 2 is 1.78 bits per heavy atom. The van der Waals surface area contributed by atoms with Crippen LogP contribution in [0.2, 0.25) is 0 Å². The van der Waals surface area contributed by atoms with Crippen molar-refractivity contribution in [2.75, 3.05) is 6.61 Å². The molecule has 1 heterocycles. The van der Waals surface area contributed by atoms with E-state index in [1.54, 1.807) is 19.1 Å². The molecule has 0 fully saturated rings. The molecule has 2 aromatic carbocycles. The highest BCUT2D eigenvalue weighted by molar-refractivity contribution is 9.10. The van der Waals surface area contributed by atoms with Gasteiger partial charge in [-0.3, -0.25) is 0 Å². The van der Waals surface area contributed by atoms with Gasteiger partial charge in [0.25, 0.3) is 0 Å². The number of primary sulfonamides is 1. The molecule has 3 rings (SSSR count). The molecule has 140 valence electrons. The van der Waals surface area contributed by atoms with Crippen LogP contribution >= 0.6 is 15.9 Å². The van der Waals surface area contributed by atoms with Crippen molar-refractivity contribution in [3.05, 3.63) is 58.7 Å². The molecular formula is C17H15BrN4O4S. The highest BCUT2D eigenvalue weighted by Crippen LogP contribution is 2.27. The van der Waals surface area contributed by atoms with Crippen LogP contribution in [0.3, 0.4) is 0 Å². The van der Waals surface area contributed by atoms with Crippen molar-refractivity contribution < 1.29 is 17.9 Å². The van der Waals surface area contributed by atoms with Crippen LogP contribution in [0.25, 0.3) is 16.9 Å². The number of hydrogen-bond acceptors (Lipinski definition) is 6. The van der Waals surface area contributed by atoms with E-state index in [9.17, 15) is 13.2 Å². The van der Waals surface area contributed by atoms with Gasteiger partial charge in [-0.15, -0.1) is 5.10 Å². The van der Waals surface area contributed by atoms with Gasteiger partial charge in [-0.25, -0.2) is 23.0 Å². The Bertz CT molecular complexity index is 1080. The molecular weight excluding hydrogens is 436 g/mol. The molecule has 0 unspecified atom stereocenters. The Balaban J connectivity index is 2.15. The second-order valence-electron chi connectivity index (χ2n) is 5.46. The van der Waals surface area contributed by atoms with Crippen molar-refractivity contribution in [1.29, 1.82) is 0 Å². The van der Waals surface area contributed by atoms with Crippen molar-refractivity contribution in [3.8, 4) is 16.9 Å². The summed E-state index contributed by atoms with van der Waals surface area (Å²) in [4.78, 5) is 12.3. The minimum absolute atomic E-state index is 0.0258. The summed E-state index contributed by atoms with van der Waals surface area (Å²) >= 11 is 3.37. The summed E-state index contributed by atoms with van der Waals surface area (Å²) in [7, 11) is -3.81. The Hall–Kier alpha value is -2.56. The summed E-state index contributed by atoms with van der Waals surface area (Å²) < 4.78 is 30.3. The molecule has 1 aromatic heterocycles. The maximum atomic E-state index is 12.3. The predicted octanol–water partition coefficient (Wildman–Crippen LogP) is 2.52. The highest BCUT2D eigenvalue weighted by atomic mass is 79.9. The van der Waals surface area contributed by atoms with Crippen molar-refractivity contribution in [2.24, 2.45) is 5.14 Å². The molecule has 3 aromatic rings. The molecule has 0 bridgehead atoms. The first-order valence-corrected chi connectivity index (χ1v) is 10.2. The van der Waals surface area contributed by atoms with Gasteiger partial charge in [0.2, 0.25) is 10.0 Å². The van der Waals surface area contributed by atoms with E-state index < -0.39 is 16.0 Å². The van der Waals surface area contributed by atoms with E-state index in [0.717, 1.165) is 4.47 Å². The zero-order valence-corrected chi connectivity index (χ0v) is 16.6. The number of esters is 1. The molecule has 0 aliphatic heterocycles. The van der Waals surface area contributed by atoms with Crippen molar-refractivity contribution in [1.82, 2.24) is 15.0 Å². The summed E-state index contributed by atoms with van der Waals surface area (Å²) in [5, 5.41) is 13.1. The number of aromatic nitrogens is 3. The average Bonchev–Trinajstić information content (AvgIpc) is 3.07. The Labute approximate surface area is 164 Å². The minimum Gasteiger partial charge on any atom is -0.461 e. The molecule has 10 heteroatoms. The molecule has 27 heavy (non-hydrogen) atoms. The van der Waals surface area contributed by atoms with E-state index in [1.165, 1.54) is 28.9 Å². The summed E-state index contributed by atoms with van der Waals surface area (Å²) in [6.45, 7) is 1.90. The fourth-order valence-corrected chi connectivity index (χ4v) is 3.22. The lowest BCUT2D eigenvalue weighted by Gasteiger charge is -2.09. The first-order valence-electron chi connectivity index (χ1n) is 7.83. The largest absolute Gasteiger partial charge is 0.461 e. The number of nitrogens with two attached hydrogens (primary N) is 1. The molecule has 0 saturated heterocycles. The molecule has 2 N–H and O–H groups in total. The minimum atomic E-state index is -3.81. The van der Waals surface area contributed by atoms with Gasteiger partial charge in [0.15, 0.2) is 5.69 Å². The molecule has 0 amide bonds. The topological polar surface area (TPSA) is 117 Å². The second-order valence-corrected chi connectivity index (χ2v) is 7.94. The van der Waals surface area contributed by atoms with E-state index >= 15 is 0 Å². The normalized spacial score (nSPS) is 11.4. The number of carbonyl (C=O) groups is 1. The molecule has 0 radical (unpaired) electrons. The van der Waals surface area contributed by atoms with Crippen molar-refractivity contribution in [3.63, 3.8) is 0 Å². The maximum absolute atomic E-state index is 12.3. The van der Waals surface area contributed by atoms with Gasteiger partial charge < -0.3 is 4.74 Å². The first-order chi connectivity index (χ1) is 12.8. The summed E-state index contributed by atoms with van der Waals surface area (Å²) in [6, 6.07) is 13.1. The predicted molar refractivity (Wildman–Crippen MR) is 102 cm³/mol. The monoisotopic (exact) mass is 450 g/mol. The van der Waals surface area contributed by atoms with Crippen LogP contribution in [0.4, 0.5) is 0 Å². The average molecular weight is 451 g/mol. The summed E-state index contributed by atoms with van der Waals surface area (Å²) in [5.74, 6) is -0.595. The number of nitrogens with zero attached hydrogens (tertiary/aromatic N) is 3. The number of sulfonamides is 1. The van der Waals surface area contributed by atoms with Gasteiger partial charge in [-0.1, -0.05) is 33.3 Å². The van der Waals surface area contributed by atoms with Crippen molar-refractivity contribution in [2.45, 2.75) is 11.8 Å². The quantitative estimate of drug-likeness (QED) is 0.596. The molecule has 0 spiro atoms. The van der Waals surface area contributed by atoms with Crippen molar-refractivity contribution >= 4 is 31.9 Å². The van der Waals surface area contributed by atoms with Crippen LogP contribution in [0.15, 0.2) is 57.9 Å². The SMILES string of the molecule is CCOC(=O)c1nnn(-c2ccc(S(N)(=O)=O)cc2)c1-c1ccc(Br)cc1. The van der Waals surface area contributed by atoms with Gasteiger partial charge in [-0.05, 0) is 43.3 Å². The first kappa shape index (κ1) is 19.2. The molecule has 0 aliphatic carbocycles. The Morgan fingerprint density at radius 3 is 2.33 bits per heavy atom. The molecule has 0 atom stereocenters. The van der Waals surface area contributed by atoms with Gasteiger partial charge in [-0.2, -0.15) is 0 Å². The zero-order chi connectivity index (χ0) is 19.6. The fourth-order valence-electron chi connectivity index (χ4n) is 2.44. The van der Waals surface area contributed by atoms with E-state index in [-0.39, 0.29) is 17.2 Å². The summed E-state index contributed by atoms with van der Waals surface area (Å²) in [5.41, 5.74) is 1.71. The smallest absolute Gasteiger partial charge is 0.361 e. The van der Waals surface area contributed by atoms with Crippen LogP contribution in [-0.4, -0.2) is 36.0 Å². The maximum Gasteiger partial charge on any atom is 0.361 e. The number of hydrogen-bond donors (Lipinski definition) is 1. The number of carbonyl (C=O) groups excluding carboxylic acids is 1. The number of rotatable bonds is 5. The highest BCUT2D eigenvalue weighted by Gasteiger charge is 2.23. The van der Waals surface area contributed by atoms with Gasteiger partial charge in [0.1, 0.15) is 5.69 Å². The van der Waals surface area contributed by atoms with Crippen LogP contribution in [0.5, 0.6) is 0 Å². The zero-order valence-electron chi connectivity index (χ0n) is 14.2. The molecule has 0 aliphatic rings. The molecule has 8 nitrogen and oxygen atoms in total. The van der Waals surface area contributed by atoms with Gasteiger partial charge in [0, 0.05) is 10.0 Å². The van der Waals surface area contributed by atoms with Gasteiger partial charge >= 0.3 is 5.97 Å². The molecule has 0 saturated carbocycles. The number of benzene rings is 2. The number of ether oxygens (including phenoxy) is 1. The fraction of sp³-hybridized carbons (Fsp3) is 0.118. The standard InChI is InChI=1S/C17H15BrN4O4S/c1-2-26-17(23)15-16(11-3-5-12(18)6-4-11)22(21-20-15)13-7-9-14(10-8-13)27(19,24)25/h3-10H,2H2,1H3,(H2,19,24,25). The third-order valence-corrected chi connectivity index (χ3v) is 5.12. The lowest BCUT2D eigenvalue weighted by Crippen LogP contribution is -2.12. The van der Waals surface area contributed by atoms with Crippen LogP contribution in [0, 0.1) is 0 Å². The van der Waals surface area contributed by atoms with Gasteiger partial charge in [0.05, 0.1) is 17.2 Å². The van der Waals surface area contributed by atoms with E-state index in [0.29, 0.717) is 16.9 Å². The Morgan fingerprint density at radius 1 is 1.15 bits per heavy atom. The van der Waals surface area contributed by atoms with E-state index in [1.807, 2.05) is 12.1 Å².